The largest absolute Gasteiger partial charge is 0.497 e. The van der Waals surface area contributed by atoms with Crippen molar-refractivity contribution in [2.45, 2.75) is 13.1 Å². The molecule has 23 heavy (non-hydrogen) atoms. The zero-order valence-corrected chi connectivity index (χ0v) is 13.3. The van der Waals surface area contributed by atoms with Crippen LogP contribution in [0.1, 0.15) is 11.5 Å². The molecule has 0 saturated heterocycles. The van der Waals surface area contributed by atoms with E-state index in [4.69, 9.17) is 9.26 Å². The molecule has 0 bridgehead atoms. The van der Waals surface area contributed by atoms with Gasteiger partial charge in [-0.05, 0) is 24.3 Å². The van der Waals surface area contributed by atoms with Crippen molar-refractivity contribution in [3.05, 3.63) is 66.1 Å². The van der Waals surface area contributed by atoms with Crippen LogP contribution >= 0.6 is 0 Å². The second-order valence-electron chi connectivity index (χ2n) is 5.54. The van der Waals surface area contributed by atoms with Gasteiger partial charge in [-0.25, -0.2) is 0 Å². The van der Waals surface area contributed by atoms with Crippen molar-refractivity contribution in [2.75, 3.05) is 14.2 Å². The van der Waals surface area contributed by atoms with Crippen molar-refractivity contribution in [3.8, 4) is 17.1 Å². The summed E-state index contributed by atoms with van der Waals surface area (Å²) in [6.07, 6.45) is 0. The second-order valence-corrected chi connectivity index (χ2v) is 5.54. The highest BCUT2D eigenvalue weighted by Gasteiger charge is 2.13. The van der Waals surface area contributed by atoms with Gasteiger partial charge in [-0.1, -0.05) is 35.5 Å². The number of ether oxygens (including phenoxy) is 1. The van der Waals surface area contributed by atoms with Crippen LogP contribution in [0.15, 0.2) is 59.1 Å². The summed E-state index contributed by atoms with van der Waals surface area (Å²) in [7, 11) is 3.78. The average molecular weight is 310 g/mol. The van der Waals surface area contributed by atoms with E-state index in [1.165, 1.54) is 10.5 Å². The molecule has 0 amide bonds. The average Bonchev–Trinajstić information content (AvgIpc) is 3.04. The number of methoxy groups -OCH3 is 1. The highest BCUT2D eigenvalue weighted by molar-refractivity contribution is 5.53. The van der Waals surface area contributed by atoms with E-state index in [2.05, 4.69) is 29.3 Å². The lowest BCUT2D eigenvalue weighted by Crippen LogP contribution is -3.06. The molecule has 0 fully saturated rings. The van der Waals surface area contributed by atoms with Crippen molar-refractivity contribution >= 4 is 0 Å². The van der Waals surface area contributed by atoms with Gasteiger partial charge in [-0.2, -0.15) is 4.98 Å². The monoisotopic (exact) mass is 310 g/mol. The Bertz CT molecular complexity index is 738. The zero-order valence-electron chi connectivity index (χ0n) is 13.3. The summed E-state index contributed by atoms with van der Waals surface area (Å²) in [5, 5.41) is 4.05. The van der Waals surface area contributed by atoms with Crippen LogP contribution < -0.4 is 9.64 Å². The quantitative estimate of drug-likeness (QED) is 0.756. The first-order chi connectivity index (χ1) is 11.2. The maximum absolute atomic E-state index is 5.36. The van der Waals surface area contributed by atoms with E-state index in [9.17, 15) is 0 Å². The molecule has 1 atom stereocenters. The summed E-state index contributed by atoms with van der Waals surface area (Å²) in [5.41, 5.74) is 2.21. The van der Waals surface area contributed by atoms with Crippen LogP contribution in [0.4, 0.5) is 0 Å². The van der Waals surface area contributed by atoms with Gasteiger partial charge in [0.2, 0.25) is 5.82 Å². The highest BCUT2D eigenvalue weighted by atomic mass is 16.5. The predicted octanol–water partition coefficient (Wildman–Crippen LogP) is 1.96. The number of hydrogen-bond acceptors (Lipinski definition) is 4. The third-order valence-corrected chi connectivity index (χ3v) is 3.62. The molecule has 5 heteroatoms. The molecule has 118 valence electrons. The van der Waals surface area contributed by atoms with Crippen molar-refractivity contribution < 1.29 is 14.2 Å². The smallest absolute Gasteiger partial charge is 0.282 e. The number of aromatic nitrogens is 2. The summed E-state index contributed by atoms with van der Waals surface area (Å²) in [4.78, 5) is 5.75. The molecule has 0 aliphatic heterocycles. The van der Waals surface area contributed by atoms with Gasteiger partial charge in [-0.3, -0.25) is 0 Å². The Morgan fingerprint density at radius 3 is 2.43 bits per heavy atom. The zero-order chi connectivity index (χ0) is 16.1. The SMILES string of the molecule is COc1ccc(C[NH+](C)Cc2nc(-c3ccccc3)no2)cc1. The number of nitrogens with one attached hydrogen (secondary N) is 1. The Hall–Kier alpha value is -2.66. The number of quaternary nitrogens is 1. The molecule has 1 unspecified atom stereocenters. The molecule has 0 saturated carbocycles. The Morgan fingerprint density at radius 2 is 1.74 bits per heavy atom. The highest BCUT2D eigenvalue weighted by Crippen LogP contribution is 2.14. The Labute approximate surface area is 135 Å². The lowest BCUT2D eigenvalue weighted by Gasteiger charge is -2.11. The van der Waals surface area contributed by atoms with E-state index in [0.717, 1.165) is 17.9 Å². The molecule has 3 rings (SSSR count). The van der Waals surface area contributed by atoms with Crippen LogP contribution in [0.2, 0.25) is 0 Å². The molecule has 2 aromatic carbocycles. The van der Waals surface area contributed by atoms with Crippen molar-refractivity contribution in [2.24, 2.45) is 0 Å². The standard InChI is InChI=1S/C18H19N3O2/c1-21(12-14-8-10-16(22-2)11-9-14)13-17-19-18(20-23-17)15-6-4-3-5-7-15/h3-11H,12-13H2,1-2H3/p+1. The second kappa shape index (κ2) is 7.07. The van der Waals surface area contributed by atoms with Gasteiger partial charge in [0, 0.05) is 11.1 Å². The minimum atomic E-state index is 0.637. The van der Waals surface area contributed by atoms with Crippen LogP contribution in [-0.4, -0.2) is 24.3 Å². The van der Waals surface area contributed by atoms with Crippen LogP contribution in [0, 0.1) is 0 Å². The van der Waals surface area contributed by atoms with E-state index in [1.54, 1.807) is 7.11 Å². The first-order valence-electron chi connectivity index (χ1n) is 7.57. The van der Waals surface area contributed by atoms with Gasteiger partial charge in [0.05, 0.1) is 14.2 Å². The third kappa shape index (κ3) is 3.96. The van der Waals surface area contributed by atoms with Crippen LogP contribution in [0.5, 0.6) is 5.75 Å². The summed E-state index contributed by atoms with van der Waals surface area (Å²) < 4.78 is 10.5. The van der Waals surface area contributed by atoms with Gasteiger partial charge >= 0.3 is 0 Å². The first-order valence-corrected chi connectivity index (χ1v) is 7.57. The molecule has 0 spiro atoms. The maximum Gasteiger partial charge on any atom is 0.282 e. The van der Waals surface area contributed by atoms with E-state index >= 15 is 0 Å². The molecule has 0 radical (unpaired) electrons. The minimum absolute atomic E-state index is 0.637. The van der Waals surface area contributed by atoms with Crippen molar-refractivity contribution in [1.29, 1.82) is 0 Å². The van der Waals surface area contributed by atoms with Crippen LogP contribution in [-0.2, 0) is 13.1 Å². The lowest BCUT2D eigenvalue weighted by molar-refractivity contribution is -0.909. The normalized spacial score (nSPS) is 12.1. The molecule has 1 aromatic heterocycles. The minimum Gasteiger partial charge on any atom is -0.497 e. The number of hydrogen-bond donors (Lipinski definition) is 1. The molecular weight excluding hydrogens is 290 g/mol. The topological polar surface area (TPSA) is 52.6 Å². The van der Waals surface area contributed by atoms with Crippen LogP contribution in [0.3, 0.4) is 0 Å². The Balaban J connectivity index is 1.61. The summed E-state index contributed by atoms with van der Waals surface area (Å²) in [6, 6.07) is 17.9. The van der Waals surface area contributed by atoms with E-state index < -0.39 is 0 Å². The van der Waals surface area contributed by atoms with Crippen LogP contribution in [0.25, 0.3) is 11.4 Å². The van der Waals surface area contributed by atoms with Crippen molar-refractivity contribution in [1.82, 2.24) is 10.1 Å². The van der Waals surface area contributed by atoms with Gasteiger partial charge in [0.1, 0.15) is 12.3 Å². The van der Waals surface area contributed by atoms with Gasteiger partial charge in [0.25, 0.3) is 5.89 Å². The van der Waals surface area contributed by atoms with E-state index in [0.29, 0.717) is 18.3 Å². The van der Waals surface area contributed by atoms with Gasteiger partial charge < -0.3 is 14.2 Å². The molecule has 1 N–H and O–H groups in total. The fourth-order valence-corrected chi connectivity index (χ4v) is 2.44. The molecule has 0 aliphatic rings. The Kier molecular flexibility index (Phi) is 4.68. The molecular formula is C18H20N3O2+. The van der Waals surface area contributed by atoms with E-state index in [1.807, 2.05) is 42.5 Å². The van der Waals surface area contributed by atoms with Crippen molar-refractivity contribution in [3.63, 3.8) is 0 Å². The lowest BCUT2D eigenvalue weighted by atomic mass is 10.2. The number of rotatable bonds is 6. The fourth-order valence-electron chi connectivity index (χ4n) is 2.44. The fraction of sp³-hybridized carbons (Fsp3) is 0.222. The summed E-state index contributed by atoms with van der Waals surface area (Å²) in [5.74, 6) is 2.16. The summed E-state index contributed by atoms with van der Waals surface area (Å²) >= 11 is 0. The summed E-state index contributed by atoms with van der Waals surface area (Å²) in [6.45, 7) is 1.57. The third-order valence-electron chi connectivity index (χ3n) is 3.62. The first kappa shape index (κ1) is 15.2. The number of nitrogens with zero attached hydrogens (tertiary/aromatic N) is 2. The predicted molar refractivity (Wildman–Crippen MR) is 87.0 cm³/mol. The van der Waals surface area contributed by atoms with Gasteiger partial charge in [0.15, 0.2) is 6.54 Å². The van der Waals surface area contributed by atoms with E-state index in [-0.39, 0.29) is 0 Å². The maximum atomic E-state index is 5.36. The number of benzene rings is 2. The Morgan fingerprint density at radius 1 is 1.00 bits per heavy atom. The molecule has 3 aromatic rings. The van der Waals surface area contributed by atoms with Gasteiger partial charge in [-0.15, -0.1) is 0 Å². The molecule has 5 nitrogen and oxygen atoms in total. The molecule has 1 heterocycles. The molecule has 0 aliphatic carbocycles.